The van der Waals surface area contributed by atoms with Crippen LogP contribution in [0.3, 0.4) is 0 Å². The summed E-state index contributed by atoms with van der Waals surface area (Å²) >= 11 is 6.29. The zero-order chi connectivity index (χ0) is 12.5. The van der Waals surface area contributed by atoms with E-state index in [1.165, 1.54) is 4.90 Å². The van der Waals surface area contributed by atoms with E-state index in [0.717, 1.165) is 0 Å². The number of carboxylic acid groups (broad SMARTS) is 1. The molecule has 3 atom stereocenters. The van der Waals surface area contributed by atoms with Crippen LogP contribution in [-0.4, -0.2) is 45.5 Å². The number of β-lactam (4-membered cyclic amide) rings is 1. The number of halogens is 2. The lowest BCUT2D eigenvalue weighted by Gasteiger charge is -2.45. The van der Waals surface area contributed by atoms with Crippen LogP contribution in [0.25, 0.3) is 0 Å². The monoisotopic (exact) mass is 373 g/mol. The molecule has 0 aromatic carbocycles. The number of hydrogen-bond acceptors (Lipinski definition) is 3. The van der Waals surface area contributed by atoms with Crippen molar-refractivity contribution >= 4 is 54.5 Å². The number of nitrogens with zero attached hydrogens (tertiary/aromatic N) is 1. The molecule has 0 unspecified atom stereocenters. The van der Waals surface area contributed by atoms with Gasteiger partial charge in [-0.2, -0.15) is 0 Å². The average Bonchev–Trinajstić information content (AvgIpc) is 2.33. The number of amides is 1. The summed E-state index contributed by atoms with van der Waals surface area (Å²) in [6.07, 6.45) is 0. The van der Waals surface area contributed by atoms with Crippen LogP contribution in [-0.2, 0) is 20.4 Å². The molecule has 1 amide bonds. The number of carbonyl (C=O) groups excluding carboxylic acids is 1. The summed E-state index contributed by atoms with van der Waals surface area (Å²) in [6.45, 7) is 3.20. The van der Waals surface area contributed by atoms with Gasteiger partial charge in [-0.05, 0) is 13.8 Å². The van der Waals surface area contributed by atoms with Gasteiger partial charge in [-0.25, -0.2) is 4.79 Å². The highest BCUT2D eigenvalue weighted by atomic mass is 79.9. The van der Waals surface area contributed by atoms with Crippen LogP contribution in [0.2, 0.25) is 0 Å². The molecule has 0 saturated carbocycles. The Bertz CT molecular complexity index is 422. The second-order valence-electron chi connectivity index (χ2n) is 4.33. The van der Waals surface area contributed by atoms with Crippen molar-refractivity contribution in [1.29, 1.82) is 0 Å². The quantitative estimate of drug-likeness (QED) is 0.539. The molecular weight excluding hydrogens is 366 g/mol. The van der Waals surface area contributed by atoms with Gasteiger partial charge in [0.2, 0.25) is 0 Å². The van der Waals surface area contributed by atoms with Gasteiger partial charge in [0, 0.05) is 0 Å². The molecule has 2 aliphatic heterocycles. The van der Waals surface area contributed by atoms with Crippen LogP contribution >= 0.6 is 31.9 Å². The second-order valence-corrected chi connectivity index (χ2v) is 9.99. The molecule has 0 aromatic heterocycles. The Morgan fingerprint density at radius 1 is 1.50 bits per heavy atom. The summed E-state index contributed by atoms with van der Waals surface area (Å²) in [5, 5.41) is 8.49. The molecule has 2 rings (SSSR count). The maximum absolute atomic E-state index is 12.2. The highest BCUT2D eigenvalue weighted by molar-refractivity contribution is 9.26. The normalized spacial score (nSPS) is 39.1. The number of fused-ring (bicyclic) bond motifs is 1. The van der Waals surface area contributed by atoms with Crippen molar-refractivity contribution in [3.05, 3.63) is 0 Å². The van der Waals surface area contributed by atoms with E-state index in [1.807, 2.05) is 0 Å². The summed E-state index contributed by atoms with van der Waals surface area (Å²) in [5.74, 6) is -1.51. The van der Waals surface area contributed by atoms with Crippen molar-refractivity contribution in [2.75, 3.05) is 0 Å². The molecule has 0 aromatic rings. The summed E-state index contributed by atoms with van der Waals surface area (Å²) < 4.78 is 10.1. The first-order valence-corrected chi connectivity index (χ1v) is 7.27. The molecule has 90 valence electrons. The van der Waals surface area contributed by atoms with Crippen molar-refractivity contribution in [2.45, 2.75) is 33.2 Å². The lowest BCUT2D eigenvalue weighted by atomic mass is 9.98. The third kappa shape index (κ3) is 1.23. The van der Waals surface area contributed by atoms with Crippen LogP contribution < -0.4 is 0 Å². The summed E-state index contributed by atoms with van der Waals surface area (Å²) in [4.78, 5) is 24.1. The third-order valence-electron chi connectivity index (χ3n) is 2.97. The SMILES string of the molecule is CC1(C)[C@@H](C(=O)O)N2C(=O)C(Br)(Br)[C@H]2[S@]1=O. The molecular formula is C8H9Br2NO4S. The molecule has 2 fully saturated rings. The van der Waals surface area contributed by atoms with Crippen LogP contribution in [0.15, 0.2) is 0 Å². The van der Waals surface area contributed by atoms with Gasteiger partial charge in [0.05, 0.1) is 15.5 Å². The number of carboxylic acids is 1. The Morgan fingerprint density at radius 2 is 2.00 bits per heavy atom. The highest BCUT2D eigenvalue weighted by Crippen LogP contribution is 2.54. The maximum atomic E-state index is 12.2. The van der Waals surface area contributed by atoms with Crippen LogP contribution in [0.4, 0.5) is 0 Å². The Balaban J connectivity index is 2.50. The van der Waals surface area contributed by atoms with E-state index in [1.54, 1.807) is 13.8 Å². The number of alkyl halides is 2. The number of hydrogen-bond donors (Lipinski definition) is 1. The summed E-state index contributed by atoms with van der Waals surface area (Å²) in [6, 6.07) is -1.03. The molecule has 16 heavy (non-hydrogen) atoms. The second kappa shape index (κ2) is 3.29. The van der Waals surface area contributed by atoms with E-state index >= 15 is 0 Å². The predicted molar refractivity (Wildman–Crippen MR) is 64.9 cm³/mol. The molecule has 2 aliphatic rings. The standard InChI is InChI=1S/C8H9Br2NO4S/c1-7(2)3(4(12)13)11-5(14)8(9,10)6(11)16(7)15/h3,6H,1-2H3,(H,12,13)/t3-,6-,16-/m1/s1. The zero-order valence-electron chi connectivity index (χ0n) is 8.44. The Morgan fingerprint density at radius 3 is 2.44 bits per heavy atom. The smallest absolute Gasteiger partial charge is 0.328 e. The molecule has 1 N–H and O–H groups in total. The Hall–Kier alpha value is 0.0500. The molecule has 0 spiro atoms. The summed E-state index contributed by atoms with van der Waals surface area (Å²) in [7, 11) is -1.43. The van der Waals surface area contributed by atoms with Gasteiger partial charge in [-0.15, -0.1) is 0 Å². The van der Waals surface area contributed by atoms with Gasteiger partial charge in [0.25, 0.3) is 5.91 Å². The van der Waals surface area contributed by atoms with Crippen molar-refractivity contribution in [1.82, 2.24) is 4.90 Å². The van der Waals surface area contributed by atoms with E-state index in [-0.39, 0.29) is 5.91 Å². The fourth-order valence-corrected chi connectivity index (χ4v) is 5.80. The molecule has 0 radical (unpaired) electrons. The molecule has 0 bridgehead atoms. The van der Waals surface area contributed by atoms with E-state index in [2.05, 4.69) is 31.9 Å². The van der Waals surface area contributed by atoms with Gasteiger partial charge in [0.15, 0.2) is 3.23 Å². The lowest BCUT2D eigenvalue weighted by molar-refractivity contribution is -0.157. The third-order valence-corrected chi connectivity index (χ3v) is 7.37. The largest absolute Gasteiger partial charge is 0.480 e. The van der Waals surface area contributed by atoms with Gasteiger partial charge in [-0.1, -0.05) is 31.9 Å². The lowest BCUT2D eigenvalue weighted by Crippen LogP contribution is -2.69. The number of aliphatic carboxylic acids is 1. The minimum atomic E-state index is -1.43. The van der Waals surface area contributed by atoms with E-state index < -0.39 is 36.2 Å². The molecule has 2 heterocycles. The fraction of sp³-hybridized carbons (Fsp3) is 0.750. The zero-order valence-corrected chi connectivity index (χ0v) is 12.4. The van der Waals surface area contributed by atoms with Crippen molar-refractivity contribution < 1.29 is 18.9 Å². The van der Waals surface area contributed by atoms with Crippen LogP contribution in [0.1, 0.15) is 13.8 Å². The Labute approximate surface area is 111 Å². The first-order chi connectivity index (χ1) is 7.13. The van der Waals surface area contributed by atoms with Crippen LogP contribution in [0.5, 0.6) is 0 Å². The first kappa shape index (κ1) is 12.5. The van der Waals surface area contributed by atoms with E-state index in [9.17, 15) is 13.8 Å². The fourth-order valence-electron chi connectivity index (χ4n) is 2.13. The van der Waals surface area contributed by atoms with E-state index in [4.69, 9.17) is 5.11 Å². The minimum absolute atomic E-state index is 0.385. The van der Waals surface area contributed by atoms with Crippen LogP contribution in [0, 0.1) is 0 Å². The summed E-state index contributed by atoms with van der Waals surface area (Å²) in [5.41, 5.74) is 0. The topological polar surface area (TPSA) is 74.7 Å². The number of carbonyl (C=O) groups is 2. The Kier molecular flexibility index (Phi) is 2.57. The van der Waals surface area contributed by atoms with Gasteiger partial charge in [-0.3, -0.25) is 9.00 Å². The minimum Gasteiger partial charge on any atom is -0.480 e. The first-order valence-electron chi connectivity index (χ1n) is 4.47. The van der Waals surface area contributed by atoms with Gasteiger partial charge < -0.3 is 10.0 Å². The van der Waals surface area contributed by atoms with E-state index in [0.29, 0.717) is 0 Å². The molecule has 2 saturated heterocycles. The predicted octanol–water partition coefficient (Wildman–Crippen LogP) is 0.635. The van der Waals surface area contributed by atoms with Gasteiger partial charge >= 0.3 is 5.97 Å². The molecule has 5 nitrogen and oxygen atoms in total. The molecule has 0 aliphatic carbocycles. The maximum Gasteiger partial charge on any atom is 0.328 e. The van der Waals surface area contributed by atoms with Crippen molar-refractivity contribution in [2.24, 2.45) is 0 Å². The van der Waals surface area contributed by atoms with Crippen molar-refractivity contribution in [3.63, 3.8) is 0 Å². The average molecular weight is 375 g/mol. The molecule has 8 heteroatoms. The van der Waals surface area contributed by atoms with Gasteiger partial charge in [0.1, 0.15) is 11.4 Å². The van der Waals surface area contributed by atoms with Crippen molar-refractivity contribution in [3.8, 4) is 0 Å². The highest BCUT2D eigenvalue weighted by Gasteiger charge is 2.73. The number of rotatable bonds is 1.